The van der Waals surface area contributed by atoms with E-state index in [4.69, 9.17) is 16.6 Å². The number of aromatic nitrogens is 5. The summed E-state index contributed by atoms with van der Waals surface area (Å²) >= 11 is 10.00. The number of nitrogens with zero attached hydrogens (tertiary/aromatic N) is 5. The first-order valence-corrected chi connectivity index (χ1v) is 12.4. The van der Waals surface area contributed by atoms with Gasteiger partial charge in [0.2, 0.25) is 0 Å². The largest absolute Gasteiger partial charge is 0.370 e. The zero-order valence-corrected chi connectivity index (χ0v) is 21.3. The molecule has 1 aromatic carbocycles. The van der Waals surface area contributed by atoms with Gasteiger partial charge in [-0.1, -0.05) is 29.8 Å². The van der Waals surface area contributed by atoms with Gasteiger partial charge in [0.1, 0.15) is 5.82 Å². The van der Waals surface area contributed by atoms with Crippen molar-refractivity contribution >= 4 is 44.9 Å². The van der Waals surface area contributed by atoms with E-state index >= 15 is 0 Å². The molecule has 0 aliphatic carbocycles. The second-order valence-electron chi connectivity index (χ2n) is 8.68. The third-order valence-corrected chi connectivity index (χ3v) is 7.19. The number of hydrogen-bond donors (Lipinski definition) is 2. The normalized spacial score (nSPS) is 16.2. The summed E-state index contributed by atoms with van der Waals surface area (Å²) in [5.41, 5.74) is 4.61. The van der Waals surface area contributed by atoms with Gasteiger partial charge in [-0.15, -0.1) is 0 Å². The molecule has 4 aromatic rings. The molecule has 1 atom stereocenters. The number of piperidine rings is 1. The average Bonchev–Trinajstić information content (AvgIpc) is 3.38. The SMILES string of the molecule is Cc1n[nH]c(C)c1C(=O)N1CCCC(CNc2cc(-c3ccccc3Cl)nc3c(Br)cnn23)C1. The molecule has 4 heterocycles. The van der Waals surface area contributed by atoms with Crippen LogP contribution in [-0.4, -0.2) is 55.2 Å². The number of halogens is 2. The van der Waals surface area contributed by atoms with Gasteiger partial charge in [0.05, 0.1) is 27.6 Å². The van der Waals surface area contributed by atoms with Crippen LogP contribution >= 0.6 is 27.5 Å². The molecule has 0 bridgehead atoms. The molecule has 1 aliphatic rings. The lowest BCUT2D eigenvalue weighted by atomic mass is 9.97. The van der Waals surface area contributed by atoms with Gasteiger partial charge >= 0.3 is 0 Å². The molecule has 1 saturated heterocycles. The number of anilines is 1. The monoisotopic (exact) mass is 541 g/mol. The first kappa shape index (κ1) is 22.9. The molecule has 1 unspecified atom stereocenters. The summed E-state index contributed by atoms with van der Waals surface area (Å²) in [6.45, 7) is 5.94. The molecule has 34 heavy (non-hydrogen) atoms. The van der Waals surface area contributed by atoms with Crippen LogP contribution in [0.3, 0.4) is 0 Å². The number of H-pyrrole nitrogens is 1. The lowest BCUT2D eigenvalue weighted by Gasteiger charge is -2.33. The van der Waals surface area contributed by atoms with Crippen LogP contribution in [-0.2, 0) is 0 Å². The van der Waals surface area contributed by atoms with E-state index in [1.807, 2.05) is 49.1 Å². The number of amides is 1. The summed E-state index contributed by atoms with van der Waals surface area (Å²) in [7, 11) is 0. The number of likely N-dealkylation sites (tertiary alicyclic amines) is 1. The molecule has 1 aliphatic heterocycles. The minimum absolute atomic E-state index is 0.0526. The van der Waals surface area contributed by atoms with Crippen molar-refractivity contribution in [2.75, 3.05) is 25.0 Å². The number of carbonyl (C=O) groups is 1. The molecule has 8 nitrogen and oxygen atoms in total. The summed E-state index contributed by atoms with van der Waals surface area (Å²) in [5.74, 6) is 1.20. The van der Waals surface area contributed by atoms with E-state index in [1.54, 1.807) is 10.7 Å². The van der Waals surface area contributed by atoms with Crippen LogP contribution in [0.2, 0.25) is 5.02 Å². The van der Waals surface area contributed by atoms with Crippen LogP contribution in [0.5, 0.6) is 0 Å². The Bertz CT molecular complexity index is 1350. The second-order valence-corrected chi connectivity index (χ2v) is 9.95. The van der Waals surface area contributed by atoms with Gasteiger partial charge in [0, 0.05) is 42.0 Å². The van der Waals surface area contributed by atoms with Crippen LogP contribution in [0, 0.1) is 19.8 Å². The third kappa shape index (κ3) is 4.30. The van der Waals surface area contributed by atoms with E-state index in [0.717, 1.165) is 52.3 Å². The average molecular weight is 543 g/mol. The van der Waals surface area contributed by atoms with E-state index in [0.29, 0.717) is 35.2 Å². The lowest BCUT2D eigenvalue weighted by Crippen LogP contribution is -2.42. The molecule has 10 heteroatoms. The Morgan fingerprint density at radius 3 is 2.91 bits per heavy atom. The number of nitrogens with one attached hydrogen (secondary N) is 2. The molecule has 1 amide bonds. The summed E-state index contributed by atoms with van der Waals surface area (Å²) in [6.07, 6.45) is 3.76. The highest BCUT2D eigenvalue weighted by molar-refractivity contribution is 9.10. The van der Waals surface area contributed by atoms with Crippen LogP contribution in [0.4, 0.5) is 5.82 Å². The maximum Gasteiger partial charge on any atom is 0.257 e. The smallest absolute Gasteiger partial charge is 0.257 e. The number of fused-ring (bicyclic) bond motifs is 1. The molecular formula is C24H25BrClN7O. The molecule has 5 rings (SSSR count). The Hall–Kier alpha value is -2.91. The van der Waals surface area contributed by atoms with Crippen molar-refractivity contribution in [2.45, 2.75) is 26.7 Å². The Morgan fingerprint density at radius 1 is 1.32 bits per heavy atom. The maximum absolute atomic E-state index is 13.1. The van der Waals surface area contributed by atoms with Gasteiger partial charge < -0.3 is 10.2 Å². The van der Waals surface area contributed by atoms with Gasteiger partial charge in [-0.05, 0) is 54.6 Å². The predicted octanol–water partition coefficient (Wildman–Crippen LogP) is 5.12. The molecule has 0 spiro atoms. The summed E-state index contributed by atoms with van der Waals surface area (Å²) < 4.78 is 2.60. The van der Waals surface area contributed by atoms with E-state index in [-0.39, 0.29) is 5.91 Å². The van der Waals surface area contributed by atoms with E-state index < -0.39 is 0 Å². The summed E-state index contributed by atoms with van der Waals surface area (Å²) in [4.78, 5) is 19.9. The van der Waals surface area contributed by atoms with E-state index in [9.17, 15) is 4.79 Å². The van der Waals surface area contributed by atoms with Crippen LogP contribution in [0.1, 0.15) is 34.6 Å². The third-order valence-electron chi connectivity index (χ3n) is 6.30. The Kier molecular flexibility index (Phi) is 6.31. The minimum atomic E-state index is 0.0526. The molecule has 176 valence electrons. The van der Waals surface area contributed by atoms with Crippen molar-refractivity contribution in [1.82, 2.24) is 29.7 Å². The molecule has 3 aromatic heterocycles. The van der Waals surface area contributed by atoms with Crippen molar-refractivity contribution in [1.29, 1.82) is 0 Å². The topological polar surface area (TPSA) is 91.2 Å². The fourth-order valence-corrected chi connectivity index (χ4v) is 5.14. The number of aryl methyl sites for hydroxylation is 2. The zero-order valence-electron chi connectivity index (χ0n) is 19.0. The van der Waals surface area contributed by atoms with E-state index in [1.165, 1.54) is 0 Å². The Labute approximate surface area is 210 Å². The van der Waals surface area contributed by atoms with E-state index in [2.05, 4.69) is 36.5 Å². The molecule has 2 N–H and O–H groups in total. The van der Waals surface area contributed by atoms with Gasteiger partial charge in [-0.3, -0.25) is 9.89 Å². The van der Waals surface area contributed by atoms with Crippen molar-refractivity contribution < 1.29 is 4.79 Å². The number of benzene rings is 1. The summed E-state index contributed by atoms with van der Waals surface area (Å²) in [6, 6.07) is 9.64. The summed E-state index contributed by atoms with van der Waals surface area (Å²) in [5, 5.41) is 15.8. The highest BCUT2D eigenvalue weighted by Crippen LogP contribution is 2.30. The van der Waals surface area contributed by atoms with Gasteiger partial charge in [0.25, 0.3) is 5.91 Å². The standard InChI is InChI=1S/C24H25BrClN7O/c1-14-22(15(2)31-30-14)24(34)32-9-5-6-16(13-32)11-27-21-10-20(17-7-3-4-8-19(17)26)29-23-18(25)12-28-33(21)23/h3-4,7-8,10,12,16,27H,5-6,9,11,13H2,1-2H3,(H,30,31). The fourth-order valence-electron chi connectivity index (χ4n) is 4.56. The van der Waals surface area contributed by atoms with Crippen molar-refractivity contribution in [2.24, 2.45) is 5.92 Å². The Balaban J connectivity index is 1.36. The lowest BCUT2D eigenvalue weighted by molar-refractivity contribution is 0.0678. The minimum Gasteiger partial charge on any atom is -0.370 e. The maximum atomic E-state index is 13.1. The van der Waals surface area contributed by atoms with Crippen LogP contribution in [0.25, 0.3) is 16.9 Å². The highest BCUT2D eigenvalue weighted by atomic mass is 79.9. The number of rotatable bonds is 5. The zero-order chi connectivity index (χ0) is 23.8. The first-order valence-electron chi connectivity index (χ1n) is 11.3. The van der Waals surface area contributed by atoms with Gasteiger partial charge in [-0.25, -0.2) is 4.98 Å². The number of carbonyl (C=O) groups excluding carboxylic acids is 1. The quantitative estimate of drug-likeness (QED) is 0.365. The number of hydrogen-bond acceptors (Lipinski definition) is 5. The molecule has 0 radical (unpaired) electrons. The Morgan fingerprint density at radius 2 is 2.15 bits per heavy atom. The predicted molar refractivity (Wildman–Crippen MR) is 136 cm³/mol. The van der Waals surface area contributed by atoms with Crippen LogP contribution in [0.15, 0.2) is 41.0 Å². The van der Waals surface area contributed by atoms with Gasteiger partial charge in [0.15, 0.2) is 5.65 Å². The molecular weight excluding hydrogens is 518 g/mol. The van der Waals surface area contributed by atoms with Crippen LogP contribution < -0.4 is 5.32 Å². The van der Waals surface area contributed by atoms with Crippen molar-refractivity contribution in [3.63, 3.8) is 0 Å². The van der Waals surface area contributed by atoms with Gasteiger partial charge in [-0.2, -0.15) is 14.7 Å². The highest BCUT2D eigenvalue weighted by Gasteiger charge is 2.27. The molecule has 1 fully saturated rings. The first-order chi connectivity index (χ1) is 16.4. The fraction of sp³-hybridized carbons (Fsp3) is 0.333. The second kappa shape index (κ2) is 9.38. The van der Waals surface area contributed by atoms with Crippen molar-refractivity contribution in [3.05, 3.63) is 63.0 Å². The van der Waals surface area contributed by atoms with Crippen molar-refractivity contribution in [3.8, 4) is 11.3 Å². The molecule has 0 saturated carbocycles. The number of aromatic amines is 1.